The maximum atomic E-state index is 13.8. The van der Waals surface area contributed by atoms with Crippen LogP contribution in [0.15, 0.2) is 42.5 Å². The van der Waals surface area contributed by atoms with E-state index in [1.165, 1.54) is 11.8 Å². The summed E-state index contributed by atoms with van der Waals surface area (Å²) in [6, 6.07) is 7.46. The Morgan fingerprint density at radius 1 is 1.05 bits per heavy atom. The van der Waals surface area contributed by atoms with Gasteiger partial charge in [-0.1, -0.05) is 6.07 Å². The van der Waals surface area contributed by atoms with Gasteiger partial charge in [0.15, 0.2) is 0 Å². The van der Waals surface area contributed by atoms with E-state index in [-0.39, 0.29) is 43.0 Å². The van der Waals surface area contributed by atoms with Crippen LogP contribution in [0.2, 0.25) is 0 Å². The number of hydrogen-bond acceptors (Lipinski definition) is 5. The summed E-state index contributed by atoms with van der Waals surface area (Å²) in [6.07, 6.45) is 0.984. The first-order chi connectivity index (χ1) is 18.1. The van der Waals surface area contributed by atoms with Crippen molar-refractivity contribution in [3.63, 3.8) is 0 Å². The molecule has 1 fully saturated rings. The number of ether oxygens (including phenoxy) is 1. The molecule has 0 saturated carbocycles. The summed E-state index contributed by atoms with van der Waals surface area (Å²) in [5.41, 5.74) is 0.202. The molecule has 11 heteroatoms. The van der Waals surface area contributed by atoms with Crippen LogP contribution in [0.25, 0.3) is 0 Å². The van der Waals surface area contributed by atoms with Gasteiger partial charge in [0.05, 0.1) is 6.04 Å². The van der Waals surface area contributed by atoms with E-state index in [4.69, 9.17) is 4.74 Å². The molecule has 0 aromatic heterocycles. The highest BCUT2D eigenvalue weighted by Gasteiger charge is 2.39. The topological polar surface area (TPSA) is 108 Å². The molecule has 2 aromatic rings. The van der Waals surface area contributed by atoms with Gasteiger partial charge in [0, 0.05) is 50.3 Å². The molecule has 1 saturated heterocycles. The Morgan fingerprint density at radius 3 is 2.50 bits per heavy atom. The average molecular weight is 529 g/mol. The lowest BCUT2D eigenvalue weighted by molar-refractivity contribution is -0.135. The zero-order chi connectivity index (χ0) is 27.4. The number of nitrogens with one attached hydrogen (secondary N) is 2. The second-order valence-corrected chi connectivity index (χ2v) is 9.67. The third kappa shape index (κ3) is 6.45. The molecule has 3 atom stereocenters. The molecule has 9 nitrogen and oxygen atoms in total. The lowest BCUT2D eigenvalue weighted by atomic mass is 10.1. The van der Waals surface area contributed by atoms with Crippen LogP contribution in [0, 0.1) is 11.6 Å². The zero-order valence-corrected chi connectivity index (χ0v) is 21.2. The van der Waals surface area contributed by atoms with Crippen molar-refractivity contribution in [2.24, 2.45) is 0 Å². The van der Waals surface area contributed by atoms with Crippen molar-refractivity contribution < 1.29 is 32.7 Å². The summed E-state index contributed by atoms with van der Waals surface area (Å²) in [7, 11) is 1.64. The number of fused-ring (bicyclic) bond motifs is 3. The predicted octanol–water partition coefficient (Wildman–Crippen LogP) is 2.11. The van der Waals surface area contributed by atoms with Crippen LogP contribution in [-0.2, 0) is 9.59 Å². The van der Waals surface area contributed by atoms with E-state index >= 15 is 0 Å². The lowest BCUT2D eigenvalue weighted by Crippen LogP contribution is -2.52. The van der Waals surface area contributed by atoms with E-state index < -0.39 is 35.5 Å². The minimum absolute atomic E-state index is 0.102. The van der Waals surface area contributed by atoms with Crippen LogP contribution < -0.4 is 15.4 Å². The maximum absolute atomic E-state index is 13.8. The van der Waals surface area contributed by atoms with E-state index in [1.54, 1.807) is 36.2 Å². The van der Waals surface area contributed by atoms with E-state index in [9.17, 15) is 28.0 Å². The molecule has 0 spiro atoms. The first-order valence-corrected chi connectivity index (χ1v) is 12.4. The number of benzene rings is 2. The number of carbonyl (C=O) groups excluding carboxylic acids is 4. The van der Waals surface area contributed by atoms with E-state index in [0.717, 1.165) is 12.1 Å². The molecule has 2 N–H and O–H groups in total. The van der Waals surface area contributed by atoms with Gasteiger partial charge in [0.2, 0.25) is 11.8 Å². The Labute approximate surface area is 219 Å². The second kappa shape index (κ2) is 11.6. The van der Waals surface area contributed by atoms with E-state index in [0.29, 0.717) is 36.8 Å². The number of nitrogens with zero attached hydrogens (tertiary/aromatic N) is 2. The molecule has 2 aliphatic rings. The number of hydrogen-bond donors (Lipinski definition) is 2. The minimum Gasteiger partial charge on any atom is -0.491 e. The Bertz CT molecular complexity index is 1220. The van der Waals surface area contributed by atoms with Crippen molar-refractivity contribution in [2.75, 3.05) is 26.7 Å². The molecule has 0 radical (unpaired) electrons. The number of rotatable bonds is 3. The van der Waals surface area contributed by atoms with Gasteiger partial charge in [-0.25, -0.2) is 8.78 Å². The van der Waals surface area contributed by atoms with Crippen molar-refractivity contribution in [3.8, 4) is 5.75 Å². The largest absolute Gasteiger partial charge is 0.491 e. The van der Waals surface area contributed by atoms with Crippen LogP contribution >= 0.6 is 0 Å². The second-order valence-electron chi connectivity index (χ2n) is 9.67. The summed E-state index contributed by atoms with van der Waals surface area (Å²) >= 11 is 0. The van der Waals surface area contributed by atoms with Crippen LogP contribution in [0.4, 0.5) is 8.78 Å². The fourth-order valence-corrected chi connectivity index (χ4v) is 4.89. The van der Waals surface area contributed by atoms with Crippen molar-refractivity contribution >= 4 is 23.6 Å². The van der Waals surface area contributed by atoms with Crippen LogP contribution in [-0.4, -0.2) is 78.3 Å². The van der Waals surface area contributed by atoms with E-state index in [1.807, 2.05) is 0 Å². The summed E-state index contributed by atoms with van der Waals surface area (Å²) in [5, 5.41) is 5.46. The molecule has 2 heterocycles. The van der Waals surface area contributed by atoms with Gasteiger partial charge in [0.25, 0.3) is 11.8 Å². The molecule has 38 heavy (non-hydrogen) atoms. The van der Waals surface area contributed by atoms with Gasteiger partial charge < -0.3 is 25.2 Å². The first kappa shape index (κ1) is 27.0. The fourth-order valence-electron chi connectivity index (χ4n) is 4.89. The van der Waals surface area contributed by atoms with E-state index in [2.05, 4.69) is 10.6 Å². The SMILES string of the molecule is CC(=O)N[C@H]1C[C@H]2COc3cccc(c3)C(=O)N(C)CCC[C@H](NC(=O)c3cc(F)cc(F)c3)C(=O)N2C1. The summed E-state index contributed by atoms with van der Waals surface area (Å²) in [6.45, 7) is 2.01. The van der Waals surface area contributed by atoms with Crippen LogP contribution in [0.3, 0.4) is 0 Å². The molecule has 2 aromatic carbocycles. The smallest absolute Gasteiger partial charge is 0.253 e. The highest BCUT2D eigenvalue weighted by Crippen LogP contribution is 2.24. The van der Waals surface area contributed by atoms with Gasteiger partial charge in [-0.3, -0.25) is 19.2 Å². The normalized spacial score (nSPS) is 22.3. The monoisotopic (exact) mass is 528 g/mol. The Balaban J connectivity index is 1.62. The number of carbonyl (C=O) groups is 4. The van der Waals surface area contributed by atoms with Gasteiger partial charge in [-0.15, -0.1) is 0 Å². The number of amides is 4. The predicted molar refractivity (Wildman–Crippen MR) is 133 cm³/mol. The molecule has 4 rings (SSSR count). The standard InChI is InChI=1S/C27H30F2N4O5/c1-16(34)30-21-13-22-15-38-23-6-3-5-17(11-23)26(36)32(2)8-4-7-24(27(37)33(22)14-21)31-25(35)18-9-19(28)12-20(29)10-18/h3,5-6,9-12,21-22,24H,4,7-8,13-15H2,1-2H3,(H,30,34)(H,31,35)/t21-,22-,24-/m0/s1. The number of halogens is 2. The molecule has 2 bridgehead atoms. The summed E-state index contributed by atoms with van der Waals surface area (Å²) in [5.74, 6) is -3.01. The summed E-state index contributed by atoms with van der Waals surface area (Å²) in [4.78, 5) is 54.4. The highest BCUT2D eigenvalue weighted by molar-refractivity contribution is 5.97. The Kier molecular flexibility index (Phi) is 8.23. The fraction of sp³-hybridized carbons (Fsp3) is 0.407. The minimum atomic E-state index is -1.03. The summed E-state index contributed by atoms with van der Waals surface area (Å²) < 4.78 is 33.4. The van der Waals surface area contributed by atoms with Gasteiger partial charge in [-0.2, -0.15) is 0 Å². The van der Waals surface area contributed by atoms with Crippen LogP contribution in [0.1, 0.15) is 46.9 Å². The maximum Gasteiger partial charge on any atom is 0.253 e. The highest BCUT2D eigenvalue weighted by atomic mass is 19.1. The average Bonchev–Trinajstić information content (AvgIpc) is 3.26. The molecule has 202 valence electrons. The van der Waals surface area contributed by atoms with Crippen molar-refractivity contribution in [2.45, 2.75) is 44.3 Å². The van der Waals surface area contributed by atoms with Crippen molar-refractivity contribution in [1.82, 2.24) is 20.4 Å². The molecular weight excluding hydrogens is 498 g/mol. The molecule has 0 unspecified atom stereocenters. The quantitative estimate of drug-likeness (QED) is 0.635. The molecule has 0 aliphatic carbocycles. The van der Waals surface area contributed by atoms with Crippen molar-refractivity contribution in [3.05, 3.63) is 65.2 Å². The van der Waals surface area contributed by atoms with Crippen molar-refractivity contribution in [1.29, 1.82) is 0 Å². The molecular formula is C27H30F2N4O5. The van der Waals surface area contributed by atoms with Crippen LogP contribution in [0.5, 0.6) is 5.75 Å². The Hall–Kier alpha value is -4.02. The third-order valence-electron chi connectivity index (χ3n) is 6.69. The lowest BCUT2D eigenvalue weighted by Gasteiger charge is -2.30. The third-order valence-corrected chi connectivity index (χ3v) is 6.69. The molecule has 4 amide bonds. The zero-order valence-electron chi connectivity index (χ0n) is 21.2. The van der Waals surface area contributed by atoms with Gasteiger partial charge in [0.1, 0.15) is 30.0 Å². The van der Waals surface area contributed by atoms with Gasteiger partial charge in [-0.05, 0) is 49.6 Å². The first-order valence-electron chi connectivity index (χ1n) is 12.4. The van der Waals surface area contributed by atoms with Gasteiger partial charge >= 0.3 is 0 Å². The molecule has 2 aliphatic heterocycles. The Morgan fingerprint density at radius 2 is 1.79 bits per heavy atom.